The van der Waals surface area contributed by atoms with Crippen molar-refractivity contribution in [1.29, 1.82) is 0 Å². The number of carbonyl (C=O) groups excluding carboxylic acids is 2. The highest BCUT2D eigenvalue weighted by atomic mass is 16.2. The van der Waals surface area contributed by atoms with Gasteiger partial charge in [0.25, 0.3) is 0 Å². The fourth-order valence-electron chi connectivity index (χ4n) is 3.52. The molecule has 5 heteroatoms. The molecule has 2 rings (SSSR count). The normalized spacial score (nSPS) is 19.2. The lowest BCUT2D eigenvalue weighted by molar-refractivity contribution is -0.134. The zero-order chi connectivity index (χ0) is 19.5. The summed E-state index contributed by atoms with van der Waals surface area (Å²) < 4.78 is 0. The van der Waals surface area contributed by atoms with Crippen molar-refractivity contribution in [1.82, 2.24) is 15.1 Å². The van der Waals surface area contributed by atoms with Gasteiger partial charge in [-0.1, -0.05) is 45.0 Å². The summed E-state index contributed by atoms with van der Waals surface area (Å²) >= 11 is 0. The minimum atomic E-state index is -0.496. The zero-order valence-corrected chi connectivity index (χ0v) is 17.0. The lowest BCUT2D eigenvalue weighted by Gasteiger charge is -2.26. The molecule has 144 valence electrons. The molecule has 2 amide bonds. The molecular weight excluding hydrogens is 326 g/mol. The molecule has 1 aliphatic heterocycles. The Kier molecular flexibility index (Phi) is 6.45. The number of carbonyl (C=O) groups is 2. The van der Waals surface area contributed by atoms with Crippen molar-refractivity contribution >= 4 is 11.8 Å². The second-order valence-electron chi connectivity index (χ2n) is 8.52. The van der Waals surface area contributed by atoms with Crippen molar-refractivity contribution in [2.75, 3.05) is 27.2 Å². The van der Waals surface area contributed by atoms with Crippen LogP contribution in [0.1, 0.15) is 57.7 Å². The Labute approximate surface area is 157 Å². The number of amides is 2. The van der Waals surface area contributed by atoms with E-state index in [1.165, 1.54) is 16.0 Å². The number of nitrogens with one attached hydrogen (secondary N) is 1. The van der Waals surface area contributed by atoms with Gasteiger partial charge in [0.2, 0.25) is 11.8 Å². The van der Waals surface area contributed by atoms with Crippen molar-refractivity contribution < 1.29 is 9.59 Å². The average molecular weight is 360 g/mol. The molecule has 1 saturated heterocycles. The third-order valence-corrected chi connectivity index (χ3v) is 5.06. The van der Waals surface area contributed by atoms with Gasteiger partial charge in [-0.15, -0.1) is 0 Å². The highest BCUT2D eigenvalue weighted by molar-refractivity contribution is 5.87. The molecule has 26 heavy (non-hydrogen) atoms. The molecule has 1 N–H and O–H groups in total. The van der Waals surface area contributed by atoms with Crippen molar-refractivity contribution in [3.05, 3.63) is 35.4 Å². The summed E-state index contributed by atoms with van der Waals surface area (Å²) in [4.78, 5) is 28.0. The topological polar surface area (TPSA) is 52.7 Å². The number of likely N-dealkylation sites (tertiary alicyclic amines) is 1. The van der Waals surface area contributed by atoms with Crippen LogP contribution >= 0.6 is 0 Å². The molecule has 0 radical (unpaired) electrons. The smallest absolute Gasteiger partial charge is 0.244 e. The molecule has 0 aromatic heterocycles. The molecule has 1 fully saturated rings. The van der Waals surface area contributed by atoms with E-state index in [4.69, 9.17) is 0 Å². The van der Waals surface area contributed by atoms with E-state index in [0.29, 0.717) is 6.54 Å². The Morgan fingerprint density at radius 1 is 1.23 bits per heavy atom. The van der Waals surface area contributed by atoms with Gasteiger partial charge >= 0.3 is 0 Å². The van der Waals surface area contributed by atoms with E-state index in [9.17, 15) is 9.59 Å². The van der Waals surface area contributed by atoms with Crippen LogP contribution in [0.25, 0.3) is 0 Å². The first-order chi connectivity index (χ1) is 12.1. The zero-order valence-electron chi connectivity index (χ0n) is 17.0. The van der Waals surface area contributed by atoms with E-state index < -0.39 is 6.04 Å². The van der Waals surface area contributed by atoms with E-state index >= 15 is 0 Å². The predicted molar refractivity (Wildman–Crippen MR) is 105 cm³/mol. The van der Waals surface area contributed by atoms with Crippen LogP contribution in [0, 0.1) is 0 Å². The molecule has 2 atom stereocenters. The predicted octanol–water partition coefficient (Wildman–Crippen LogP) is 2.71. The maximum Gasteiger partial charge on any atom is 0.244 e. The molecule has 1 heterocycles. The summed E-state index contributed by atoms with van der Waals surface area (Å²) in [6, 6.07) is 8.56. The van der Waals surface area contributed by atoms with Gasteiger partial charge in [-0.05, 0) is 42.9 Å². The van der Waals surface area contributed by atoms with Crippen molar-refractivity contribution in [2.24, 2.45) is 0 Å². The first-order valence-electron chi connectivity index (χ1n) is 9.44. The van der Waals surface area contributed by atoms with Gasteiger partial charge in [0.1, 0.15) is 6.04 Å². The number of benzene rings is 1. The van der Waals surface area contributed by atoms with Crippen LogP contribution in [0.2, 0.25) is 0 Å². The van der Waals surface area contributed by atoms with Gasteiger partial charge in [0, 0.05) is 20.1 Å². The third kappa shape index (κ3) is 5.07. The number of nitrogens with zero attached hydrogens (tertiary/aromatic N) is 2. The fraction of sp³-hybridized carbons (Fsp3) is 0.619. The van der Waals surface area contributed by atoms with Crippen LogP contribution in [0.15, 0.2) is 24.3 Å². The van der Waals surface area contributed by atoms with Gasteiger partial charge in [0.05, 0.1) is 6.54 Å². The number of rotatable bonds is 5. The number of hydrogen-bond acceptors (Lipinski definition) is 3. The highest BCUT2D eigenvalue weighted by Crippen LogP contribution is 2.33. The first-order valence-corrected chi connectivity index (χ1v) is 9.44. The highest BCUT2D eigenvalue weighted by Gasteiger charge is 2.28. The van der Waals surface area contributed by atoms with E-state index in [-0.39, 0.29) is 23.3 Å². The van der Waals surface area contributed by atoms with E-state index in [1.54, 1.807) is 21.0 Å². The molecule has 1 aliphatic rings. The molecule has 1 aromatic carbocycles. The van der Waals surface area contributed by atoms with Crippen LogP contribution in [0.5, 0.6) is 0 Å². The number of hydrogen-bond donors (Lipinski definition) is 1. The summed E-state index contributed by atoms with van der Waals surface area (Å²) in [5.41, 5.74) is 2.73. The fourth-order valence-corrected chi connectivity index (χ4v) is 3.52. The van der Waals surface area contributed by atoms with E-state index in [0.717, 1.165) is 19.4 Å². The monoisotopic (exact) mass is 359 g/mol. The molecule has 0 saturated carbocycles. The summed E-state index contributed by atoms with van der Waals surface area (Å²) in [6.07, 6.45) is 2.15. The maximum absolute atomic E-state index is 12.4. The van der Waals surface area contributed by atoms with Crippen molar-refractivity contribution in [2.45, 2.75) is 58.0 Å². The van der Waals surface area contributed by atoms with Crippen LogP contribution in [0.4, 0.5) is 0 Å². The van der Waals surface area contributed by atoms with Gasteiger partial charge in [0.15, 0.2) is 0 Å². The van der Waals surface area contributed by atoms with Crippen LogP contribution in [-0.4, -0.2) is 54.8 Å². The largest absolute Gasteiger partial charge is 0.347 e. The molecule has 5 nitrogen and oxygen atoms in total. The van der Waals surface area contributed by atoms with Gasteiger partial charge < -0.3 is 10.2 Å². The Hall–Kier alpha value is -1.88. The summed E-state index contributed by atoms with van der Waals surface area (Å²) in [6.45, 7) is 9.61. The first kappa shape index (κ1) is 20.4. The minimum absolute atomic E-state index is 0.0888. The second kappa shape index (κ2) is 8.21. The Morgan fingerprint density at radius 2 is 1.85 bits per heavy atom. The summed E-state index contributed by atoms with van der Waals surface area (Å²) in [5.74, 6) is -0.181. The molecule has 0 bridgehead atoms. The SMILES string of the molecule is CC(NC(=O)CN1CCCC1c1ccc(C(C)(C)C)cc1)C(=O)N(C)C. The lowest BCUT2D eigenvalue weighted by Crippen LogP contribution is -2.47. The van der Waals surface area contributed by atoms with Gasteiger partial charge in [-0.25, -0.2) is 0 Å². The summed E-state index contributed by atoms with van der Waals surface area (Å²) in [5, 5.41) is 2.82. The molecular formula is C21H33N3O2. The quantitative estimate of drug-likeness (QED) is 0.879. The molecule has 1 aromatic rings. The average Bonchev–Trinajstić information content (AvgIpc) is 3.01. The van der Waals surface area contributed by atoms with Crippen molar-refractivity contribution in [3.63, 3.8) is 0 Å². The van der Waals surface area contributed by atoms with Gasteiger partial charge in [-0.2, -0.15) is 0 Å². The second-order valence-corrected chi connectivity index (χ2v) is 8.52. The number of likely N-dealkylation sites (N-methyl/N-ethyl adjacent to an activating group) is 1. The van der Waals surface area contributed by atoms with Gasteiger partial charge in [-0.3, -0.25) is 14.5 Å². The Bertz CT molecular complexity index is 632. The lowest BCUT2D eigenvalue weighted by atomic mass is 9.86. The van der Waals surface area contributed by atoms with Crippen molar-refractivity contribution in [3.8, 4) is 0 Å². The minimum Gasteiger partial charge on any atom is -0.347 e. The Balaban J connectivity index is 1.99. The van der Waals surface area contributed by atoms with Crippen LogP contribution < -0.4 is 5.32 Å². The van der Waals surface area contributed by atoms with E-state index in [2.05, 4.69) is 55.3 Å². The summed E-state index contributed by atoms with van der Waals surface area (Å²) in [7, 11) is 3.39. The van der Waals surface area contributed by atoms with E-state index in [1.807, 2.05) is 0 Å². The van der Waals surface area contributed by atoms with Crippen LogP contribution in [-0.2, 0) is 15.0 Å². The van der Waals surface area contributed by atoms with Crippen LogP contribution in [0.3, 0.4) is 0 Å². The third-order valence-electron chi connectivity index (χ3n) is 5.06. The standard InChI is InChI=1S/C21H33N3O2/c1-15(20(26)23(5)6)22-19(25)14-24-13-7-8-18(24)16-9-11-17(12-10-16)21(2,3)4/h9-12,15,18H,7-8,13-14H2,1-6H3,(H,22,25). The Morgan fingerprint density at radius 3 is 2.38 bits per heavy atom. The molecule has 0 aliphatic carbocycles. The molecule has 0 spiro atoms. The molecule has 2 unspecified atom stereocenters. The maximum atomic E-state index is 12.4.